The van der Waals surface area contributed by atoms with Gasteiger partial charge in [0, 0.05) is 18.1 Å². The highest BCUT2D eigenvalue weighted by atomic mass is 16.6. The molecule has 1 fully saturated rings. The molecule has 6 nitrogen and oxygen atoms in total. The zero-order valence-electron chi connectivity index (χ0n) is 12.4. The first-order valence-electron chi connectivity index (χ1n) is 7.23. The third-order valence-electron chi connectivity index (χ3n) is 3.89. The lowest BCUT2D eigenvalue weighted by Gasteiger charge is -2.22. The van der Waals surface area contributed by atoms with Crippen molar-refractivity contribution in [1.82, 2.24) is 5.32 Å². The summed E-state index contributed by atoms with van der Waals surface area (Å²) in [6.07, 6.45) is 2.59. The molecule has 1 aromatic rings. The van der Waals surface area contributed by atoms with E-state index >= 15 is 0 Å². The molecule has 1 amide bonds. The summed E-state index contributed by atoms with van der Waals surface area (Å²) in [6, 6.07) is 3.18. The number of nitro benzene ring substituents is 1. The summed E-state index contributed by atoms with van der Waals surface area (Å²) in [7, 11) is 0. The quantitative estimate of drug-likeness (QED) is 0.659. The van der Waals surface area contributed by atoms with Crippen molar-refractivity contribution in [2.24, 2.45) is 5.92 Å². The van der Waals surface area contributed by atoms with Crippen molar-refractivity contribution in [2.75, 3.05) is 18.4 Å². The number of nitrogens with one attached hydrogen (secondary N) is 2. The van der Waals surface area contributed by atoms with Gasteiger partial charge in [-0.2, -0.15) is 0 Å². The Morgan fingerprint density at radius 3 is 2.81 bits per heavy atom. The minimum absolute atomic E-state index is 0.0373. The van der Waals surface area contributed by atoms with Gasteiger partial charge in [-0.15, -0.1) is 0 Å². The van der Waals surface area contributed by atoms with Crippen molar-refractivity contribution in [2.45, 2.75) is 33.1 Å². The van der Waals surface area contributed by atoms with Gasteiger partial charge in [-0.1, -0.05) is 0 Å². The van der Waals surface area contributed by atoms with Gasteiger partial charge in [0.1, 0.15) is 0 Å². The number of benzene rings is 1. The number of rotatable bonds is 4. The van der Waals surface area contributed by atoms with E-state index in [0.717, 1.165) is 31.5 Å². The van der Waals surface area contributed by atoms with Crippen LogP contribution in [0, 0.1) is 29.9 Å². The molecule has 0 bridgehead atoms. The summed E-state index contributed by atoms with van der Waals surface area (Å²) in [6.45, 7) is 5.42. The minimum Gasteiger partial charge on any atom is -0.326 e. The number of aryl methyl sites for hydroxylation is 2. The van der Waals surface area contributed by atoms with Crippen LogP contribution in [0.1, 0.15) is 30.4 Å². The molecule has 1 heterocycles. The van der Waals surface area contributed by atoms with E-state index in [1.807, 2.05) is 6.92 Å². The maximum absolute atomic E-state index is 12.1. The number of piperidine rings is 1. The number of carbonyl (C=O) groups excluding carboxylic acids is 1. The van der Waals surface area contributed by atoms with Crippen LogP contribution in [0.4, 0.5) is 11.4 Å². The van der Waals surface area contributed by atoms with Crippen LogP contribution in [0.5, 0.6) is 0 Å². The second-order valence-electron chi connectivity index (χ2n) is 5.68. The number of hydrogen-bond acceptors (Lipinski definition) is 4. The Kier molecular flexibility index (Phi) is 4.90. The molecule has 1 saturated heterocycles. The first kappa shape index (κ1) is 15.4. The Balaban J connectivity index is 2.06. The van der Waals surface area contributed by atoms with Crippen molar-refractivity contribution in [3.8, 4) is 0 Å². The Hall–Kier alpha value is -1.95. The summed E-state index contributed by atoms with van der Waals surface area (Å²) < 4.78 is 0. The monoisotopic (exact) mass is 291 g/mol. The van der Waals surface area contributed by atoms with Crippen LogP contribution in [0.25, 0.3) is 0 Å². The van der Waals surface area contributed by atoms with E-state index < -0.39 is 4.92 Å². The van der Waals surface area contributed by atoms with E-state index in [0.29, 0.717) is 23.6 Å². The van der Waals surface area contributed by atoms with Gasteiger partial charge in [-0.05, 0) is 57.3 Å². The highest BCUT2D eigenvalue weighted by Gasteiger charge is 2.19. The van der Waals surface area contributed by atoms with E-state index in [1.54, 1.807) is 13.0 Å². The maximum Gasteiger partial charge on any atom is 0.274 e. The van der Waals surface area contributed by atoms with Gasteiger partial charge in [0.25, 0.3) is 5.69 Å². The maximum atomic E-state index is 12.1. The number of carbonyl (C=O) groups is 1. The van der Waals surface area contributed by atoms with Crippen LogP contribution in [0.3, 0.4) is 0 Å². The predicted molar refractivity (Wildman–Crippen MR) is 81.4 cm³/mol. The minimum atomic E-state index is -0.421. The third kappa shape index (κ3) is 4.01. The highest BCUT2D eigenvalue weighted by molar-refractivity contribution is 5.92. The molecule has 0 spiro atoms. The van der Waals surface area contributed by atoms with Gasteiger partial charge in [0.05, 0.1) is 10.6 Å². The SMILES string of the molecule is Cc1cc(C)c([N+](=O)[O-])cc1NC(=O)CC1CCCNC1. The van der Waals surface area contributed by atoms with Gasteiger partial charge in [-0.3, -0.25) is 14.9 Å². The van der Waals surface area contributed by atoms with Crippen LogP contribution >= 0.6 is 0 Å². The summed E-state index contributed by atoms with van der Waals surface area (Å²) in [5, 5.41) is 17.1. The normalized spacial score (nSPS) is 18.3. The molecule has 0 aliphatic carbocycles. The van der Waals surface area contributed by atoms with Crippen molar-refractivity contribution >= 4 is 17.3 Å². The number of hydrogen-bond donors (Lipinski definition) is 2. The molecule has 1 aliphatic rings. The smallest absolute Gasteiger partial charge is 0.274 e. The number of anilines is 1. The molecule has 0 saturated carbocycles. The average Bonchev–Trinajstić information content (AvgIpc) is 2.42. The second kappa shape index (κ2) is 6.67. The molecule has 114 valence electrons. The topological polar surface area (TPSA) is 84.3 Å². The van der Waals surface area contributed by atoms with E-state index in [1.165, 1.54) is 6.07 Å². The predicted octanol–water partition coefficient (Wildman–Crippen LogP) is 2.54. The molecule has 0 radical (unpaired) electrons. The zero-order valence-corrected chi connectivity index (χ0v) is 12.4. The fourth-order valence-electron chi connectivity index (χ4n) is 2.73. The van der Waals surface area contributed by atoms with Gasteiger partial charge in [0.2, 0.25) is 5.91 Å². The first-order valence-corrected chi connectivity index (χ1v) is 7.23. The van der Waals surface area contributed by atoms with Crippen LogP contribution < -0.4 is 10.6 Å². The van der Waals surface area contributed by atoms with Gasteiger partial charge in [0.15, 0.2) is 0 Å². The van der Waals surface area contributed by atoms with E-state index in [-0.39, 0.29) is 11.6 Å². The highest BCUT2D eigenvalue weighted by Crippen LogP contribution is 2.26. The zero-order chi connectivity index (χ0) is 15.4. The van der Waals surface area contributed by atoms with Gasteiger partial charge < -0.3 is 10.6 Å². The summed E-state index contributed by atoms with van der Waals surface area (Å²) in [5.74, 6) is 0.268. The molecule has 1 unspecified atom stereocenters. The van der Waals surface area contributed by atoms with Gasteiger partial charge >= 0.3 is 0 Å². The van der Waals surface area contributed by atoms with Crippen molar-refractivity contribution in [1.29, 1.82) is 0 Å². The molecule has 6 heteroatoms. The molecule has 1 atom stereocenters. The first-order chi connectivity index (χ1) is 9.97. The van der Waals surface area contributed by atoms with Crippen LogP contribution in [0.15, 0.2) is 12.1 Å². The summed E-state index contributed by atoms with van der Waals surface area (Å²) in [5.41, 5.74) is 2.01. The number of amides is 1. The molecular weight excluding hydrogens is 270 g/mol. The Morgan fingerprint density at radius 2 is 2.19 bits per heavy atom. The average molecular weight is 291 g/mol. The Labute approximate surface area is 124 Å². The summed E-state index contributed by atoms with van der Waals surface area (Å²) >= 11 is 0. The lowest BCUT2D eigenvalue weighted by atomic mass is 9.96. The third-order valence-corrected chi connectivity index (χ3v) is 3.89. The van der Waals surface area contributed by atoms with Crippen LogP contribution in [0.2, 0.25) is 0 Å². The molecule has 0 aromatic heterocycles. The summed E-state index contributed by atoms with van der Waals surface area (Å²) in [4.78, 5) is 22.6. The van der Waals surface area contributed by atoms with Crippen LogP contribution in [-0.4, -0.2) is 23.9 Å². The fraction of sp³-hybridized carbons (Fsp3) is 0.533. The number of nitro groups is 1. The van der Waals surface area contributed by atoms with Crippen molar-refractivity contribution in [3.63, 3.8) is 0 Å². The lowest BCUT2D eigenvalue weighted by molar-refractivity contribution is -0.385. The molecule has 1 aliphatic heterocycles. The van der Waals surface area contributed by atoms with E-state index in [2.05, 4.69) is 10.6 Å². The van der Waals surface area contributed by atoms with Crippen LogP contribution in [-0.2, 0) is 4.79 Å². The van der Waals surface area contributed by atoms with E-state index in [4.69, 9.17) is 0 Å². The molecule has 21 heavy (non-hydrogen) atoms. The molecule has 1 aromatic carbocycles. The van der Waals surface area contributed by atoms with Crippen molar-refractivity contribution < 1.29 is 9.72 Å². The fourth-order valence-corrected chi connectivity index (χ4v) is 2.73. The van der Waals surface area contributed by atoms with Crippen molar-refractivity contribution in [3.05, 3.63) is 33.4 Å². The second-order valence-corrected chi connectivity index (χ2v) is 5.68. The largest absolute Gasteiger partial charge is 0.326 e. The number of nitrogens with zero attached hydrogens (tertiary/aromatic N) is 1. The van der Waals surface area contributed by atoms with Gasteiger partial charge in [-0.25, -0.2) is 0 Å². The molecule has 2 N–H and O–H groups in total. The lowest BCUT2D eigenvalue weighted by Crippen LogP contribution is -2.32. The Bertz CT molecular complexity index is 551. The van der Waals surface area contributed by atoms with E-state index in [9.17, 15) is 14.9 Å². The standard InChI is InChI=1S/C15H21N3O3/c1-10-6-11(2)14(18(20)21)8-13(10)17-15(19)7-12-4-3-5-16-9-12/h6,8,12,16H,3-5,7,9H2,1-2H3,(H,17,19). The Morgan fingerprint density at radius 1 is 1.43 bits per heavy atom. The molecular formula is C15H21N3O3. The molecule has 2 rings (SSSR count).